The molecule has 1 aliphatic heterocycles. The topological polar surface area (TPSA) is 121 Å². The molecule has 1 fully saturated rings. The van der Waals surface area contributed by atoms with Crippen LogP contribution in [0.1, 0.15) is 17.9 Å². The molecule has 2 amide bonds. The van der Waals surface area contributed by atoms with Crippen molar-refractivity contribution in [2.45, 2.75) is 24.6 Å². The largest absolute Gasteiger partial charge is 0.348 e. The van der Waals surface area contributed by atoms with Crippen molar-refractivity contribution in [3.8, 4) is 22.5 Å². The molecule has 2 heterocycles. The predicted octanol–water partition coefficient (Wildman–Crippen LogP) is 1.60. The third kappa shape index (κ3) is 4.75. The number of nitrogens with zero attached hydrogens (tertiary/aromatic N) is 5. The number of carbonyl (C=O) groups excluding carboxylic acids is 2. The normalized spacial score (nSPS) is 17.6. The summed E-state index contributed by atoms with van der Waals surface area (Å²) in [6.07, 6.45) is -0.755. The third-order valence-electron chi connectivity index (χ3n) is 5.86. The molecule has 10 heteroatoms. The number of benzene rings is 2. The number of H-pyrrole nitrogens is 1. The van der Waals surface area contributed by atoms with E-state index in [0.717, 1.165) is 16.7 Å². The Bertz CT molecular complexity index is 1120. The fourth-order valence-corrected chi connectivity index (χ4v) is 4.06. The molecule has 1 aliphatic rings. The average molecular weight is 452 g/mol. The van der Waals surface area contributed by atoms with Crippen molar-refractivity contribution in [2.24, 2.45) is 5.73 Å². The number of halogens is 1. The van der Waals surface area contributed by atoms with Gasteiger partial charge in [-0.2, -0.15) is 5.21 Å². The summed E-state index contributed by atoms with van der Waals surface area (Å²) in [5.41, 5.74) is 9.59. The molecule has 0 bridgehead atoms. The lowest BCUT2D eigenvalue weighted by Gasteiger charge is -2.28. The van der Waals surface area contributed by atoms with Crippen LogP contribution in [0.25, 0.3) is 22.5 Å². The Morgan fingerprint density at radius 1 is 1.15 bits per heavy atom. The van der Waals surface area contributed by atoms with Crippen molar-refractivity contribution in [3.05, 3.63) is 54.1 Å². The number of amides is 2. The molecular formula is C23H26FN7O2. The molecule has 3 N–H and O–H groups in total. The van der Waals surface area contributed by atoms with Crippen LogP contribution < -0.4 is 5.73 Å². The van der Waals surface area contributed by atoms with Crippen molar-refractivity contribution >= 4 is 11.8 Å². The molecule has 1 saturated heterocycles. The first-order valence-corrected chi connectivity index (χ1v) is 10.7. The molecule has 0 spiro atoms. The molecule has 0 aliphatic carbocycles. The van der Waals surface area contributed by atoms with E-state index in [1.54, 1.807) is 26.2 Å². The van der Waals surface area contributed by atoms with Crippen LogP contribution in [-0.2, 0) is 9.59 Å². The van der Waals surface area contributed by atoms with Crippen molar-refractivity contribution < 1.29 is 14.0 Å². The van der Waals surface area contributed by atoms with Gasteiger partial charge < -0.3 is 15.5 Å². The number of nitrogens with two attached hydrogens (primary N) is 1. The highest BCUT2D eigenvalue weighted by Gasteiger charge is 2.37. The lowest BCUT2D eigenvalue weighted by Crippen LogP contribution is -2.50. The Labute approximate surface area is 190 Å². The van der Waals surface area contributed by atoms with Crippen LogP contribution in [-0.4, -0.2) is 81.6 Å². The Morgan fingerprint density at radius 3 is 2.48 bits per heavy atom. The van der Waals surface area contributed by atoms with E-state index >= 15 is 0 Å². The zero-order valence-electron chi connectivity index (χ0n) is 18.5. The Kier molecular flexibility index (Phi) is 6.45. The lowest BCUT2D eigenvalue weighted by molar-refractivity contribution is -0.138. The second-order valence-electron chi connectivity index (χ2n) is 8.34. The highest BCUT2D eigenvalue weighted by atomic mass is 19.1. The quantitative estimate of drug-likeness (QED) is 0.587. The molecule has 3 atom stereocenters. The number of likely N-dealkylation sites (N-methyl/N-ethyl adjacent to an activating group) is 1. The molecule has 0 radical (unpaired) electrons. The van der Waals surface area contributed by atoms with Gasteiger partial charge in [0.25, 0.3) is 0 Å². The summed E-state index contributed by atoms with van der Waals surface area (Å²) >= 11 is 0. The van der Waals surface area contributed by atoms with Crippen LogP contribution in [0.5, 0.6) is 0 Å². The van der Waals surface area contributed by atoms with Crippen LogP contribution >= 0.6 is 0 Å². The monoisotopic (exact) mass is 451 g/mol. The fourth-order valence-electron chi connectivity index (χ4n) is 4.06. The van der Waals surface area contributed by atoms with Crippen LogP contribution in [0.3, 0.4) is 0 Å². The van der Waals surface area contributed by atoms with E-state index in [0.29, 0.717) is 24.4 Å². The van der Waals surface area contributed by atoms with E-state index in [2.05, 4.69) is 20.6 Å². The van der Waals surface area contributed by atoms with Gasteiger partial charge in [-0.3, -0.25) is 9.59 Å². The Hall–Kier alpha value is -3.66. The van der Waals surface area contributed by atoms with Gasteiger partial charge >= 0.3 is 0 Å². The summed E-state index contributed by atoms with van der Waals surface area (Å²) in [6.45, 7) is 0.331. The van der Waals surface area contributed by atoms with Crippen LogP contribution in [0.2, 0.25) is 0 Å². The summed E-state index contributed by atoms with van der Waals surface area (Å²) < 4.78 is 13.6. The van der Waals surface area contributed by atoms with Gasteiger partial charge in [-0.25, -0.2) is 4.39 Å². The summed E-state index contributed by atoms with van der Waals surface area (Å²) in [5, 5.41) is 14.0. The van der Waals surface area contributed by atoms with Crippen molar-refractivity contribution in [2.75, 3.05) is 27.2 Å². The predicted molar refractivity (Wildman–Crippen MR) is 121 cm³/mol. The van der Waals surface area contributed by atoms with E-state index in [1.165, 1.54) is 9.80 Å². The van der Waals surface area contributed by atoms with Crippen molar-refractivity contribution in [1.82, 2.24) is 30.4 Å². The van der Waals surface area contributed by atoms with Crippen LogP contribution in [0.4, 0.5) is 4.39 Å². The summed E-state index contributed by atoms with van der Waals surface area (Å²) in [7, 11) is 3.25. The van der Waals surface area contributed by atoms with E-state index in [9.17, 15) is 14.0 Å². The molecule has 1 aromatic heterocycles. The fraction of sp³-hybridized carbons (Fsp3) is 0.348. The van der Waals surface area contributed by atoms with Gasteiger partial charge in [0.2, 0.25) is 17.6 Å². The number of nitrogens with one attached hydrogen (secondary N) is 1. The molecule has 0 saturated carbocycles. The molecule has 33 heavy (non-hydrogen) atoms. The van der Waals surface area contributed by atoms with Gasteiger partial charge in [0.1, 0.15) is 12.2 Å². The zero-order chi connectivity index (χ0) is 23.5. The van der Waals surface area contributed by atoms with E-state index in [4.69, 9.17) is 5.73 Å². The molecule has 0 unspecified atom stereocenters. The first kappa shape index (κ1) is 22.5. The number of hydrogen-bond acceptors (Lipinski definition) is 6. The van der Waals surface area contributed by atoms with Crippen LogP contribution in [0.15, 0.2) is 48.5 Å². The number of likely N-dealkylation sites (tertiary alicyclic amines) is 1. The minimum Gasteiger partial charge on any atom is -0.348 e. The number of hydrogen-bond donors (Lipinski definition) is 2. The number of aromatic amines is 1. The average Bonchev–Trinajstić information content (AvgIpc) is 3.51. The minimum atomic E-state index is -1.10. The van der Waals surface area contributed by atoms with Crippen molar-refractivity contribution in [3.63, 3.8) is 0 Å². The molecule has 172 valence electrons. The minimum absolute atomic E-state index is 0.0189. The maximum atomic E-state index is 13.6. The standard InChI is InChI=1S/C23H26FN7O2/c1-30(2)22(32)19(20(25)23(33)31-11-10-18(24)13-31)15-8-6-14(7-9-15)16-4-3-5-17(12-16)21-26-28-29-27-21/h3-9,12,18-20H,10-11,13,25H2,1-2H3,(H,26,27,28,29)/t18-,19-,20-/m0/s1. The first-order chi connectivity index (χ1) is 15.8. The van der Waals surface area contributed by atoms with Crippen molar-refractivity contribution in [1.29, 1.82) is 0 Å². The Morgan fingerprint density at radius 2 is 1.88 bits per heavy atom. The van der Waals surface area contributed by atoms with E-state index in [1.807, 2.05) is 36.4 Å². The van der Waals surface area contributed by atoms with Gasteiger partial charge in [-0.15, -0.1) is 10.2 Å². The van der Waals surface area contributed by atoms with Crippen LogP contribution in [0, 0.1) is 0 Å². The zero-order valence-corrected chi connectivity index (χ0v) is 18.5. The smallest absolute Gasteiger partial charge is 0.240 e. The molecule has 3 aromatic rings. The van der Waals surface area contributed by atoms with Gasteiger partial charge in [0.15, 0.2) is 0 Å². The second-order valence-corrected chi connectivity index (χ2v) is 8.34. The summed E-state index contributed by atoms with van der Waals surface area (Å²) in [5.74, 6) is -1.07. The molecular weight excluding hydrogens is 425 g/mol. The van der Waals surface area contributed by atoms with E-state index < -0.39 is 24.0 Å². The Balaban J connectivity index is 1.60. The van der Waals surface area contributed by atoms with Gasteiger partial charge in [-0.1, -0.05) is 42.5 Å². The number of alkyl halides is 1. The summed E-state index contributed by atoms with van der Waals surface area (Å²) in [6, 6.07) is 14.0. The van der Waals surface area contributed by atoms with E-state index in [-0.39, 0.29) is 12.5 Å². The maximum Gasteiger partial charge on any atom is 0.240 e. The third-order valence-corrected chi connectivity index (χ3v) is 5.86. The number of aromatic nitrogens is 4. The molecule has 9 nitrogen and oxygen atoms in total. The number of rotatable bonds is 6. The second kappa shape index (κ2) is 9.45. The number of tetrazole rings is 1. The lowest BCUT2D eigenvalue weighted by atomic mass is 9.88. The van der Waals surface area contributed by atoms with Gasteiger partial charge in [-0.05, 0) is 34.4 Å². The SMILES string of the molecule is CN(C)C(=O)[C@@H](c1ccc(-c2cccc(-c3nn[nH]n3)c2)cc1)[C@H](N)C(=O)N1CC[C@H](F)C1. The molecule has 2 aromatic carbocycles. The maximum absolute atomic E-state index is 13.6. The number of carbonyl (C=O) groups is 2. The first-order valence-electron chi connectivity index (χ1n) is 10.7. The van der Waals surface area contributed by atoms with Gasteiger partial charge in [0.05, 0.1) is 12.5 Å². The highest BCUT2D eigenvalue weighted by molar-refractivity contribution is 5.93. The summed E-state index contributed by atoms with van der Waals surface area (Å²) in [4.78, 5) is 28.7. The van der Waals surface area contributed by atoms with Gasteiger partial charge in [0, 0.05) is 26.2 Å². The molecule has 4 rings (SSSR count). The highest BCUT2D eigenvalue weighted by Crippen LogP contribution is 2.28.